The minimum atomic E-state index is -3.11. The van der Waals surface area contributed by atoms with Crippen molar-refractivity contribution in [3.63, 3.8) is 0 Å². The zero-order valence-electron chi connectivity index (χ0n) is 12.0. The predicted octanol–water partition coefficient (Wildman–Crippen LogP) is 2.05. The van der Waals surface area contributed by atoms with E-state index in [-0.39, 0.29) is 11.7 Å². The molecule has 110 valence electrons. The lowest BCUT2D eigenvalue weighted by molar-refractivity contribution is 0.285. The highest BCUT2D eigenvalue weighted by atomic mass is 32.2. The number of likely N-dealkylation sites (tertiary alicyclic amines) is 1. The average Bonchev–Trinajstić information content (AvgIpc) is 2.92. The van der Waals surface area contributed by atoms with E-state index in [4.69, 9.17) is 4.74 Å². The summed E-state index contributed by atoms with van der Waals surface area (Å²) in [6.07, 6.45) is 3.31. The molecule has 1 aromatic rings. The van der Waals surface area contributed by atoms with E-state index in [0.717, 1.165) is 24.3 Å². The molecule has 2 heterocycles. The number of ether oxygens (including phenoxy) is 1. The molecule has 1 unspecified atom stereocenters. The van der Waals surface area contributed by atoms with Crippen LogP contribution in [0.2, 0.25) is 0 Å². The van der Waals surface area contributed by atoms with Gasteiger partial charge in [0.15, 0.2) is 9.84 Å². The molecule has 0 amide bonds. The zero-order valence-corrected chi connectivity index (χ0v) is 12.8. The molecular formula is C15H21NO3S. The van der Waals surface area contributed by atoms with E-state index in [1.807, 2.05) is 6.07 Å². The van der Waals surface area contributed by atoms with Gasteiger partial charge in [-0.15, -0.1) is 0 Å². The lowest BCUT2D eigenvalue weighted by atomic mass is 9.93. The first kappa shape index (κ1) is 13.9. The molecule has 0 N–H and O–H groups in total. The van der Waals surface area contributed by atoms with Gasteiger partial charge >= 0.3 is 0 Å². The average molecular weight is 295 g/mol. The maximum Gasteiger partial charge on any atom is 0.179 e. The lowest BCUT2D eigenvalue weighted by Gasteiger charge is -2.22. The monoisotopic (exact) mass is 295 g/mol. The number of benzene rings is 1. The molecule has 4 nitrogen and oxygen atoms in total. The van der Waals surface area contributed by atoms with Crippen LogP contribution in [-0.2, 0) is 9.84 Å². The first-order valence-electron chi connectivity index (χ1n) is 7.12. The number of rotatable bonds is 3. The van der Waals surface area contributed by atoms with Crippen LogP contribution in [0, 0.1) is 0 Å². The molecule has 0 spiro atoms. The molecule has 2 aliphatic heterocycles. The van der Waals surface area contributed by atoms with Gasteiger partial charge in [0.2, 0.25) is 0 Å². The Kier molecular flexibility index (Phi) is 3.50. The van der Waals surface area contributed by atoms with E-state index in [1.165, 1.54) is 12.8 Å². The summed E-state index contributed by atoms with van der Waals surface area (Å²) in [6, 6.07) is 5.84. The fourth-order valence-corrected chi connectivity index (χ4v) is 5.39. The fraction of sp³-hybridized carbons (Fsp3) is 0.600. The largest absolute Gasteiger partial charge is 0.497 e. The highest BCUT2D eigenvalue weighted by Crippen LogP contribution is 2.41. The first-order chi connectivity index (χ1) is 9.51. The van der Waals surface area contributed by atoms with Crippen molar-refractivity contribution in [1.29, 1.82) is 0 Å². The summed E-state index contributed by atoms with van der Waals surface area (Å²) >= 11 is 0. The van der Waals surface area contributed by atoms with Crippen LogP contribution < -0.4 is 4.74 Å². The Morgan fingerprint density at radius 3 is 2.85 bits per heavy atom. The molecule has 0 saturated carbocycles. The van der Waals surface area contributed by atoms with Crippen molar-refractivity contribution < 1.29 is 13.2 Å². The molecule has 0 aromatic heterocycles. The van der Waals surface area contributed by atoms with Crippen LogP contribution in [0.15, 0.2) is 23.1 Å². The van der Waals surface area contributed by atoms with Crippen LogP contribution in [0.4, 0.5) is 0 Å². The Morgan fingerprint density at radius 2 is 2.20 bits per heavy atom. The highest BCUT2D eigenvalue weighted by Gasteiger charge is 2.37. The molecule has 1 fully saturated rings. The van der Waals surface area contributed by atoms with Crippen molar-refractivity contribution in [3.8, 4) is 5.75 Å². The van der Waals surface area contributed by atoms with E-state index in [0.29, 0.717) is 10.9 Å². The smallest absolute Gasteiger partial charge is 0.179 e. The first-order valence-corrected chi connectivity index (χ1v) is 8.77. The van der Waals surface area contributed by atoms with Crippen molar-refractivity contribution in [2.24, 2.45) is 0 Å². The predicted molar refractivity (Wildman–Crippen MR) is 78.1 cm³/mol. The van der Waals surface area contributed by atoms with Crippen LogP contribution in [-0.4, -0.2) is 45.8 Å². The molecule has 20 heavy (non-hydrogen) atoms. The van der Waals surface area contributed by atoms with E-state index in [2.05, 4.69) is 11.9 Å². The number of fused-ring (bicyclic) bond motifs is 1. The maximum atomic E-state index is 12.3. The van der Waals surface area contributed by atoms with Gasteiger partial charge in [-0.05, 0) is 56.6 Å². The standard InChI is InChI=1S/C15H21NO3S/c1-16-7-3-4-12(16)8-11-10-20(17,18)15-6-5-13(19-2)9-14(11)15/h5-6,9,11-12H,3-4,7-8,10H2,1-2H3/t11?,12-/m1/s1. The summed E-state index contributed by atoms with van der Waals surface area (Å²) in [5.74, 6) is 1.10. The van der Waals surface area contributed by atoms with Crippen LogP contribution >= 0.6 is 0 Å². The maximum absolute atomic E-state index is 12.3. The third-order valence-corrected chi connectivity index (χ3v) is 6.52. The van der Waals surface area contributed by atoms with Crippen LogP contribution in [0.1, 0.15) is 30.7 Å². The third kappa shape index (κ3) is 2.33. The zero-order chi connectivity index (χ0) is 14.3. The lowest BCUT2D eigenvalue weighted by Crippen LogP contribution is -2.27. The topological polar surface area (TPSA) is 46.6 Å². The Balaban J connectivity index is 1.91. The Morgan fingerprint density at radius 1 is 1.40 bits per heavy atom. The van der Waals surface area contributed by atoms with E-state index >= 15 is 0 Å². The second kappa shape index (κ2) is 5.04. The quantitative estimate of drug-likeness (QED) is 0.856. The SMILES string of the molecule is COc1ccc2c(c1)C(C[C@H]1CCCN1C)CS2(=O)=O. The van der Waals surface area contributed by atoms with Crippen molar-refractivity contribution in [3.05, 3.63) is 23.8 Å². The van der Waals surface area contributed by atoms with Gasteiger partial charge in [0.05, 0.1) is 17.8 Å². The molecule has 0 aliphatic carbocycles. The van der Waals surface area contributed by atoms with Gasteiger partial charge in [0.1, 0.15) is 5.75 Å². The van der Waals surface area contributed by atoms with Gasteiger partial charge < -0.3 is 9.64 Å². The molecule has 1 saturated heterocycles. The summed E-state index contributed by atoms with van der Waals surface area (Å²) in [5.41, 5.74) is 0.949. The molecule has 0 bridgehead atoms. The number of nitrogens with zero attached hydrogens (tertiary/aromatic N) is 1. The molecule has 2 atom stereocenters. The van der Waals surface area contributed by atoms with Crippen LogP contribution in [0.3, 0.4) is 0 Å². The number of sulfone groups is 1. The minimum absolute atomic E-state index is 0.107. The van der Waals surface area contributed by atoms with Gasteiger partial charge in [-0.1, -0.05) is 0 Å². The minimum Gasteiger partial charge on any atom is -0.497 e. The van der Waals surface area contributed by atoms with Gasteiger partial charge in [-0.25, -0.2) is 8.42 Å². The number of hydrogen-bond acceptors (Lipinski definition) is 4. The third-order valence-electron chi connectivity index (χ3n) is 4.64. The Bertz CT molecular complexity index is 612. The van der Waals surface area contributed by atoms with Crippen molar-refractivity contribution in [2.75, 3.05) is 26.5 Å². The molecule has 3 rings (SSSR count). The molecule has 5 heteroatoms. The normalized spacial score (nSPS) is 28.5. The summed E-state index contributed by atoms with van der Waals surface area (Å²) in [5, 5.41) is 0. The van der Waals surface area contributed by atoms with Crippen molar-refractivity contribution in [1.82, 2.24) is 4.90 Å². The second-order valence-corrected chi connectivity index (χ2v) is 7.90. The van der Waals surface area contributed by atoms with Crippen molar-refractivity contribution in [2.45, 2.75) is 36.1 Å². The molecule has 0 radical (unpaired) electrons. The summed E-state index contributed by atoms with van der Waals surface area (Å²) in [6.45, 7) is 1.12. The number of methoxy groups -OCH3 is 1. The van der Waals surface area contributed by atoms with Gasteiger partial charge in [0.25, 0.3) is 0 Å². The van der Waals surface area contributed by atoms with E-state index in [1.54, 1.807) is 19.2 Å². The van der Waals surface area contributed by atoms with Gasteiger partial charge in [-0.3, -0.25) is 0 Å². The fourth-order valence-electron chi connectivity index (χ4n) is 3.50. The second-order valence-electron chi connectivity index (χ2n) is 5.89. The summed E-state index contributed by atoms with van der Waals surface area (Å²) < 4.78 is 29.8. The molecule has 1 aromatic carbocycles. The summed E-state index contributed by atoms with van der Waals surface area (Å²) in [7, 11) is 0.636. The van der Waals surface area contributed by atoms with Crippen molar-refractivity contribution >= 4 is 9.84 Å². The number of hydrogen-bond donors (Lipinski definition) is 0. The molecule has 2 aliphatic rings. The highest BCUT2D eigenvalue weighted by molar-refractivity contribution is 7.91. The van der Waals surface area contributed by atoms with Gasteiger partial charge in [0, 0.05) is 12.0 Å². The van der Waals surface area contributed by atoms with Crippen LogP contribution in [0.25, 0.3) is 0 Å². The van der Waals surface area contributed by atoms with E-state index < -0.39 is 9.84 Å². The molecular weight excluding hydrogens is 274 g/mol. The van der Waals surface area contributed by atoms with Gasteiger partial charge in [-0.2, -0.15) is 0 Å². The Labute approximate surface area is 120 Å². The Hall–Kier alpha value is -1.07. The van der Waals surface area contributed by atoms with Crippen LogP contribution in [0.5, 0.6) is 5.75 Å². The summed E-state index contributed by atoms with van der Waals surface area (Å²) in [4.78, 5) is 2.86. The van der Waals surface area contributed by atoms with E-state index in [9.17, 15) is 8.42 Å².